The Balaban J connectivity index is 0.000000217. The van der Waals surface area contributed by atoms with Gasteiger partial charge in [0, 0.05) is 13.1 Å². The molecular formula is C4H10N2O5S. The van der Waals surface area contributed by atoms with Crippen molar-refractivity contribution in [1.29, 1.82) is 0 Å². The monoisotopic (exact) mass is 198 g/mol. The number of rotatable bonds is 0. The van der Waals surface area contributed by atoms with E-state index >= 15 is 0 Å². The minimum Gasteiger partial charge on any atom is -0.354 e. The molecule has 1 heterocycles. The van der Waals surface area contributed by atoms with Gasteiger partial charge in [-0.3, -0.25) is 13.9 Å². The number of nitrogens with one attached hydrogen (secondary N) is 2. The quantitative estimate of drug-likeness (QED) is 0.336. The normalized spacial score (nSPS) is 17.3. The van der Waals surface area contributed by atoms with Gasteiger partial charge < -0.3 is 10.6 Å². The van der Waals surface area contributed by atoms with E-state index in [-0.39, 0.29) is 5.91 Å². The van der Waals surface area contributed by atoms with Gasteiger partial charge in [0.2, 0.25) is 5.91 Å². The summed E-state index contributed by atoms with van der Waals surface area (Å²) in [6.45, 7) is 2.17. The van der Waals surface area contributed by atoms with Crippen molar-refractivity contribution in [1.82, 2.24) is 10.6 Å². The summed E-state index contributed by atoms with van der Waals surface area (Å²) < 4.78 is 31.6. The summed E-state index contributed by atoms with van der Waals surface area (Å²) in [5.74, 6) is 0.103. The highest BCUT2D eigenvalue weighted by atomic mass is 32.3. The number of piperazine rings is 1. The predicted molar refractivity (Wildman–Crippen MR) is 40.1 cm³/mol. The average molecular weight is 198 g/mol. The summed E-state index contributed by atoms with van der Waals surface area (Å²) in [7, 11) is -4.67. The molecule has 0 saturated carbocycles. The van der Waals surface area contributed by atoms with E-state index in [1.54, 1.807) is 0 Å². The first-order chi connectivity index (χ1) is 5.39. The molecular weight excluding hydrogens is 188 g/mol. The third-order valence-electron chi connectivity index (χ3n) is 0.910. The Kier molecular flexibility index (Phi) is 4.74. The van der Waals surface area contributed by atoms with E-state index < -0.39 is 10.4 Å². The van der Waals surface area contributed by atoms with Crippen LogP contribution in [0.2, 0.25) is 0 Å². The molecule has 1 aliphatic rings. The lowest BCUT2D eigenvalue weighted by Crippen LogP contribution is -2.44. The first-order valence-electron chi connectivity index (χ1n) is 3.07. The third-order valence-corrected chi connectivity index (χ3v) is 0.910. The molecule has 0 aromatic heterocycles. The van der Waals surface area contributed by atoms with Crippen LogP contribution in [0.3, 0.4) is 0 Å². The molecule has 8 heteroatoms. The van der Waals surface area contributed by atoms with E-state index in [2.05, 4.69) is 10.6 Å². The Bertz CT molecular complexity index is 220. The lowest BCUT2D eigenvalue weighted by atomic mass is 10.4. The number of hydrogen-bond acceptors (Lipinski definition) is 4. The van der Waals surface area contributed by atoms with Gasteiger partial charge in [-0.1, -0.05) is 0 Å². The van der Waals surface area contributed by atoms with Crippen molar-refractivity contribution in [2.24, 2.45) is 0 Å². The van der Waals surface area contributed by atoms with Gasteiger partial charge >= 0.3 is 10.4 Å². The molecule has 7 nitrogen and oxygen atoms in total. The van der Waals surface area contributed by atoms with Crippen LogP contribution in [0.15, 0.2) is 0 Å². The zero-order valence-corrected chi connectivity index (χ0v) is 6.97. The van der Waals surface area contributed by atoms with Crippen LogP contribution in [0.4, 0.5) is 0 Å². The fourth-order valence-corrected chi connectivity index (χ4v) is 0.555. The zero-order valence-electron chi connectivity index (χ0n) is 6.15. The van der Waals surface area contributed by atoms with Crippen molar-refractivity contribution in [3.8, 4) is 0 Å². The summed E-state index contributed by atoms with van der Waals surface area (Å²) in [5.41, 5.74) is 0. The van der Waals surface area contributed by atoms with Crippen molar-refractivity contribution >= 4 is 16.3 Å². The molecule has 0 aromatic carbocycles. The van der Waals surface area contributed by atoms with Crippen molar-refractivity contribution in [3.05, 3.63) is 0 Å². The van der Waals surface area contributed by atoms with E-state index in [1.165, 1.54) is 0 Å². The van der Waals surface area contributed by atoms with Crippen LogP contribution in [0, 0.1) is 0 Å². The highest BCUT2D eigenvalue weighted by Gasteiger charge is 2.02. The van der Waals surface area contributed by atoms with Gasteiger partial charge in [0.05, 0.1) is 6.54 Å². The number of hydrogen-bond donors (Lipinski definition) is 4. The van der Waals surface area contributed by atoms with E-state index in [0.717, 1.165) is 13.1 Å². The predicted octanol–water partition coefficient (Wildman–Crippen LogP) is -1.95. The molecule has 72 valence electrons. The van der Waals surface area contributed by atoms with E-state index in [9.17, 15) is 4.79 Å². The molecule has 4 N–H and O–H groups in total. The van der Waals surface area contributed by atoms with Crippen molar-refractivity contribution < 1.29 is 22.3 Å². The minimum absolute atomic E-state index is 0.103. The molecule has 0 atom stereocenters. The van der Waals surface area contributed by atoms with Crippen LogP contribution < -0.4 is 10.6 Å². The molecule has 0 bridgehead atoms. The number of carbonyl (C=O) groups is 1. The molecule has 1 fully saturated rings. The average Bonchev–Trinajstić information content (AvgIpc) is 1.85. The molecule has 1 saturated heterocycles. The summed E-state index contributed by atoms with van der Waals surface area (Å²) in [6, 6.07) is 0. The molecule has 0 aromatic rings. The lowest BCUT2D eigenvalue weighted by Gasteiger charge is -2.11. The Labute approximate surface area is 69.7 Å². The Hall–Kier alpha value is -0.700. The first kappa shape index (κ1) is 11.3. The van der Waals surface area contributed by atoms with Gasteiger partial charge in [-0.15, -0.1) is 0 Å². The molecule has 0 aliphatic carbocycles. The topological polar surface area (TPSA) is 116 Å². The fraction of sp³-hybridized carbons (Fsp3) is 0.750. The van der Waals surface area contributed by atoms with Gasteiger partial charge in [-0.2, -0.15) is 8.42 Å². The number of carbonyl (C=O) groups excluding carboxylic acids is 1. The first-order valence-corrected chi connectivity index (χ1v) is 4.46. The highest BCUT2D eigenvalue weighted by Crippen LogP contribution is 1.69. The Morgan fingerprint density at radius 1 is 1.25 bits per heavy atom. The van der Waals surface area contributed by atoms with Gasteiger partial charge in [0.15, 0.2) is 0 Å². The third kappa shape index (κ3) is 12.0. The smallest absolute Gasteiger partial charge is 0.354 e. The maximum absolute atomic E-state index is 10.3. The second kappa shape index (κ2) is 5.04. The van der Waals surface area contributed by atoms with Gasteiger partial charge in [0.25, 0.3) is 0 Å². The van der Waals surface area contributed by atoms with Crippen LogP contribution in [0.5, 0.6) is 0 Å². The maximum Gasteiger partial charge on any atom is 0.394 e. The molecule has 0 unspecified atom stereocenters. The van der Waals surface area contributed by atoms with Crippen LogP contribution in [-0.4, -0.2) is 43.1 Å². The molecule has 1 amide bonds. The molecule has 1 aliphatic heterocycles. The van der Waals surface area contributed by atoms with Crippen molar-refractivity contribution in [3.63, 3.8) is 0 Å². The maximum atomic E-state index is 10.3. The van der Waals surface area contributed by atoms with E-state index in [1.807, 2.05) is 0 Å². The standard InChI is InChI=1S/C4H8N2O.H2O4S/c7-4-3-5-1-2-6-4;1-5(2,3)4/h5H,1-3H2,(H,6,7);(H2,1,2,3,4). The highest BCUT2D eigenvalue weighted by molar-refractivity contribution is 7.79. The fourth-order valence-electron chi connectivity index (χ4n) is 0.555. The van der Waals surface area contributed by atoms with Crippen LogP contribution in [0.1, 0.15) is 0 Å². The van der Waals surface area contributed by atoms with Crippen LogP contribution in [-0.2, 0) is 15.2 Å². The van der Waals surface area contributed by atoms with Crippen LogP contribution in [0.25, 0.3) is 0 Å². The molecule has 0 radical (unpaired) electrons. The summed E-state index contributed by atoms with van der Waals surface area (Å²) >= 11 is 0. The van der Waals surface area contributed by atoms with Crippen molar-refractivity contribution in [2.75, 3.05) is 19.6 Å². The van der Waals surface area contributed by atoms with Crippen LogP contribution >= 0.6 is 0 Å². The van der Waals surface area contributed by atoms with Gasteiger partial charge in [0.1, 0.15) is 0 Å². The second-order valence-corrected chi connectivity index (χ2v) is 2.87. The largest absolute Gasteiger partial charge is 0.394 e. The minimum atomic E-state index is -4.67. The van der Waals surface area contributed by atoms with E-state index in [0.29, 0.717) is 6.54 Å². The SMILES string of the molecule is O=C1CNCCN1.O=S(=O)(O)O. The van der Waals surface area contributed by atoms with Gasteiger partial charge in [-0.25, -0.2) is 0 Å². The van der Waals surface area contributed by atoms with Gasteiger partial charge in [-0.05, 0) is 0 Å². The van der Waals surface area contributed by atoms with E-state index in [4.69, 9.17) is 17.5 Å². The zero-order chi connectivity index (χ0) is 9.61. The summed E-state index contributed by atoms with van der Waals surface area (Å²) in [5, 5.41) is 5.60. The molecule has 1 rings (SSSR count). The summed E-state index contributed by atoms with van der Waals surface area (Å²) in [4.78, 5) is 10.3. The lowest BCUT2D eigenvalue weighted by molar-refractivity contribution is -0.121. The molecule has 0 spiro atoms. The summed E-state index contributed by atoms with van der Waals surface area (Å²) in [6.07, 6.45) is 0. The number of amides is 1. The Morgan fingerprint density at radius 2 is 1.75 bits per heavy atom. The second-order valence-electron chi connectivity index (χ2n) is 1.97. The Morgan fingerprint density at radius 3 is 1.92 bits per heavy atom. The van der Waals surface area contributed by atoms with Crippen molar-refractivity contribution in [2.45, 2.75) is 0 Å². The molecule has 12 heavy (non-hydrogen) atoms.